The van der Waals surface area contributed by atoms with Gasteiger partial charge in [0.1, 0.15) is 11.9 Å². The fraction of sp³-hybridized carbons (Fsp3) is 0.429. The van der Waals surface area contributed by atoms with Crippen LogP contribution in [-0.4, -0.2) is 39.2 Å². The van der Waals surface area contributed by atoms with Gasteiger partial charge in [-0.1, -0.05) is 0 Å². The minimum Gasteiger partial charge on any atom is -0.321 e. The van der Waals surface area contributed by atoms with E-state index in [0.29, 0.717) is 24.5 Å². The Balaban J connectivity index is 2.14. The third-order valence-corrected chi connectivity index (χ3v) is 4.79. The van der Waals surface area contributed by atoms with Crippen molar-refractivity contribution in [2.75, 3.05) is 23.4 Å². The number of amides is 2. The average Bonchev–Trinajstić information content (AvgIpc) is 2.63. The maximum Gasteiger partial charge on any atom is 0.322 e. The molecular formula is C14H16FN3O2S. The van der Waals surface area contributed by atoms with Crippen LogP contribution in [0, 0.1) is 17.1 Å². The first kappa shape index (κ1) is 15.4. The van der Waals surface area contributed by atoms with Gasteiger partial charge in [-0.3, -0.25) is 4.21 Å². The van der Waals surface area contributed by atoms with Gasteiger partial charge >= 0.3 is 6.03 Å². The molecule has 2 atom stereocenters. The summed E-state index contributed by atoms with van der Waals surface area (Å²) in [5.74, 6) is 0.514. The van der Waals surface area contributed by atoms with Gasteiger partial charge in [-0.15, -0.1) is 0 Å². The number of halogens is 1. The Bertz CT molecular complexity index is 615. The predicted molar refractivity (Wildman–Crippen MR) is 78.8 cm³/mol. The molecule has 112 valence electrons. The SMILES string of the molecule is C[C@H]1CC[S@](=O)CCN1C(=O)Nc1ccc(F)cc1C#N. The molecular weight excluding hydrogens is 293 g/mol. The highest BCUT2D eigenvalue weighted by molar-refractivity contribution is 7.85. The molecule has 0 aromatic heterocycles. The Morgan fingerprint density at radius 1 is 1.52 bits per heavy atom. The van der Waals surface area contributed by atoms with Gasteiger partial charge in [0.15, 0.2) is 0 Å². The Morgan fingerprint density at radius 2 is 2.29 bits per heavy atom. The first-order valence-corrected chi connectivity index (χ1v) is 8.12. The van der Waals surface area contributed by atoms with Gasteiger partial charge in [0.05, 0.1) is 11.3 Å². The van der Waals surface area contributed by atoms with Gasteiger partial charge in [-0.25, -0.2) is 9.18 Å². The Morgan fingerprint density at radius 3 is 3.00 bits per heavy atom. The second kappa shape index (κ2) is 6.68. The van der Waals surface area contributed by atoms with Crippen LogP contribution in [0.2, 0.25) is 0 Å². The number of nitrogens with zero attached hydrogens (tertiary/aromatic N) is 2. The van der Waals surface area contributed by atoms with Crippen LogP contribution in [0.25, 0.3) is 0 Å². The second-order valence-corrected chi connectivity index (χ2v) is 6.61. The minimum absolute atomic E-state index is 0.0255. The largest absolute Gasteiger partial charge is 0.322 e. The topological polar surface area (TPSA) is 73.2 Å². The summed E-state index contributed by atoms with van der Waals surface area (Å²) in [6.07, 6.45) is 0.675. The van der Waals surface area contributed by atoms with Crippen LogP contribution in [0.3, 0.4) is 0 Å². The molecule has 1 aromatic rings. The van der Waals surface area contributed by atoms with Gasteiger partial charge in [-0.05, 0) is 31.5 Å². The molecule has 7 heteroatoms. The molecule has 0 saturated carbocycles. The Hall–Kier alpha value is -1.94. The van der Waals surface area contributed by atoms with Crippen molar-refractivity contribution in [2.45, 2.75) is 19.4 Å². The third-order valence-electron chi connectivity index (χ3n) is 3.46. The fourth-order valence-corrected chi connectivity index (χ4v) is 3.40. The normalized spacial score (nSPS) is 22.2. The lowest BCUT2D eigenvalue weighted by atomic mass is 10.2. The van der Waals surface area contributed by atoms with Crippen molar-refractivity contribution in [3.05, 3.63) is 29.6 Å². The Labute approximate surface area is 125 Å². The minimum atomic E-state index is -0.895. The molecule has 0 aliphatic carbocycles. The standard InChI is InChI=1S/C14H16FN3O2S/c1-10-4-6-21(20)7-5-18(10)14(19)17-13-3-2-12(15)8-11(13)9-16/h2-3,8,10H,4-7H2,1H3,(H,17,19)/t10-,21-/m0/s1. The number of rotatable bonds is 1. The van der Waals surface area contributed by atoms with Crippen LogP contribution < -0.4 is 5.32 Å². The summed E-state index contributed by atoms with van der Waals surface area (Å²) in [6, 6.07) is 5.11. The summed E-state index contributed by atoms with van der Waals surface area (Å²) in [4.78, 5) is 13.9. The van der Waals surface area contributed by atoms with E-state index in [0.717, 1.165) is 6.07 Å². The second-order valence-electron chi connectivity index (χ2n) is 4.91. The zero-order valence-electron chi connectivity index (χ0n) is 11.6. The Kier molecular flexibility index (Phi) is 4.91. The molecule has 1 aliphatic heterocycles. The number of benzene rings is 1. The lowest BCUT2D eigenvalue weighted by Gasteiger charge is -2.27. The number of anilines is 1. The van der Waals surface area contributed by atoms with Crippen molar-refractivity contribution in [2.24, 2.45) is 0 Å². The molecule has 0 radical (unpaired) electrons. The molecule has 1 N–H and O–H groups in total. The van der Waals surface area contributed by atoms with Crippen molar-refractivity contribution in [3.8, 4) is 6.07 Å². The fourth-order valence-electron chi connectivity index (χ4n) is 2.19. The summed E-state index contributed by atoms with van der Waals surface area (Å²) < 4.78 is 24.6. The van der Waals surface area contributed by atoms with E-state index in [-0.39, 0.29) is 23.3 Å². The summed E-state index contributed by atoms with van der Waals surface area (Å²) in [5.41, 5.74) is 0.357. The van der Waals surface area contributed by atoms with E-state index in [1.54, 1.807) is 4.90 Å². The maximum atomic E-state index is 13.1. The highest BCUT2D eigenvalue weighted by Crippen LogP contribution is 2.18. The molecule has 1 aliphatic rings. The van der Waals surface area contributed by atoms with Crippen LogP contribution in [0.5, 0.6) is 0 Å². The molecule has 0 spiro atoms. The van der Waals surface area contributed by atoms with Crippen molar-refractivity contribution < 1.29 is 13.4 Å². The van der Waals surface area contributed by atoms with Gasteiger partial charge in [-0.2, -0.15) is 5.26 Å². The average molecular weight is 309 g/mol. The van der Waals surface area contributed by atoms with Crippen LogP contribution in [0.4, 0.5) is 14.9 Å². The molecule has 2 amide bonds. The molecule has 0 bridgehead atoms. The van der Waals surface area contributed by atoms with Crippen LogP contribution in [0.1, 0.15) is 18.9 Å². The number of nitriles is 1. The van der Waals surface area contributed by atoms with Gasteiger partial charge < -0.3 is 10.2 Å². The van der Waals surface area contributed by atoms with Crippen molar-refractivity contribution in [1.82, 2.24) is 4.90 Å². The quantitative estimate of drug-likeness (QED) is 0.863. The summed E-state index contributed by atoms with van der Waals surface area (Å²) in [6.45, 7) is 2.31. The first-order chi connectivity index (χ1) is 10.0. The van der Waals surface area contributed by atoms with Gasteiger partial charge in [0.25, 0.3) is 0 Å². The highest BCUT2D eigenvalue weighted by Gasteiger charge is 2.24. The molecule has 21 heavy (non-hydrogen) atoms. The van der Waals surface area contributed by atoms with Crippen LogP contribution >= 0.6 is 0 Å². The molecule has 0 unspecified atom stereocenters. The number of hydrogen-bond donors (Lipinski definition) is 1. The van der Waals surface area contributed by atoms with Gasteiger partial charge in [0.2, 0.25) is 0 Å². The number of hydrogen-bond acceptors (Lipinski definition) is 3. The van der Waals surface area contributed by atoms with Crippen LogP contribution in [0.15, 0.2) is 18.2 Å². The summed E-state index contributed by atoms with van der Waals surface area (Å²) >= 11 is 0. The van der Waals surface area contributed by atoms with Crippen molar-refractivity contribution in [1.29, 1.82) is 5.26 Å². The van der Waals surface area contributed by atoms with E-state index in [1.165, 1.54) is 12.1 Å². The van der Waals surface area contributed by atoms with E-state index in [1.807, 2.05) is 13.0 Å². The lowest BCUT2D eigenvalue weighted by molar-refractivity contribution is 0.197. The lowest BCUT2D eigenvalue weighted by Crippen LogP contribution is -2.42. The molecule has 2 rings (SSSR count). The first-order valence-electron chi connectivity index (χ1n) is 6.63. The van der Waals surface area contributed by atoms with E-state index < -0.39 is 16.6 Å². The van der Waals surface area contributed by atoms with Crippen molar-refractivity contribution in [3.63, 3.8) is 0 Å². The highest BCUT2D eigenvalue weighted by atomic mass is 32.2. The van der Waals surface area contributed by atoms with Crippen LogP contribution in [-0.2, 0) is 10.8 Å². The smallest absolute Gasteiger partial charge is 0.321 e. The molecule has 1 saturated heterocycles. The van der Waals surface area contributed by atoms with Crippen molar-refractivity contribution >= 4 is 22.5 Å². The van der Waals surface area contributed by atoms with E-state index >= 15 is 0 Å². The van der Waals surface area contributed by atoms with E-state index in [2.05, 4.69) is 5.32 Å². The zero-order valence-corrected chi connectivity index (χ0v) is 12.5. The van der Waals surface area contributed by atoms with Gasteiger partial charge in [0, 0.05) is 34.9 Å². The number of nitrogens with one attached hydrogen (secondary N) is 1. The van der Waals surface area contributed by atoms with E-state index in [4.69, 9.17) is 5.26 Å². The van der Waals surface area contributed by atoms with E-state index in [9.17, 15) is 13.4 Å². The summed E-state index contributed by atoms with van der Waals surface area (Å²) in [7, 11) is -0.895. The third kappa shape index (κ3) is 3.79. The molecule has 1 heterocycles. The maximum absolute atomic E-state index is 13.1. The molecule has 1 aromatic carbocycles. The summed E-state index contributed by atoms with van der Waals surface area (Å²) in [5, 5.41) is 11.6. The number of carbonyl (C=O) groups is 1. The number of urea groups is 1. The molecule has 1 fully saturated rings. The predicted octanol–water partition coefficient (Wildman–Crippen LogP) is 2.07. The zero-order chi connectivity index (χ0) is 15.4. The molecule has 5 nitrogen and oxygen atoms in total. The number of carbonyl (C=O) groups excluding carboxylic acids is 1. The monoisotopic (exact) mass is 309 g/mol.